The highest BCUT2D eigenvalue weighted by atomic mass is 19.3. The number of hydrogen-bond donors (Lipinski definition) is 2. The first-order valence-electron chi connectivity index (χ1n) is 19.1. The summed E-state index contributed by atoms with van der Waals surface area (Å²) in [6.45, 7) is 16.7. The third-order valence-corrected chi connectivity index (χ3v) is 12.7. The van der Waals surface area contributed by atoms with E-state index in [1.807, 2.05) is 0 Å². The van der Waals surface area contributed by atoms with Crippen molar-refractivity contribution >= 4 is 22.7 Å². The van der Waals surface area contributed by atoms with E-state index in [0.717, 1.165) is 44.1 Å². The average Bonchev–Trinajstić information content (AvgIpc) is 3.53. The Balaban J connectivity index is 0.000000157. The summed E-state index contributed by atoms with van der Waals surface area (Å²) in [5.41, 5.74) is 5.27. The number of piperidine rings is 4. The van der Waals surface area contributed by atoms with Gasteiger partial charge in [0, 0.05) is 112 Å². The summed E-state index contributed by atoms with van der Waals surface area (Å²) in [5.74, 6) is -4.28. The predicted octanol–water partition coefficient (Wildman–Crippen LogP) is 7.64. The lowest BCUT2D eigenvalue weighted by molar-refractivity contribution is -0.0226. The molecule has 0 radical (unpaired) electrons. The number of halogens is 4. The smallest absolute Gasteiger partial charge is 0.251 e. The molecule has 0 spiro atoms. The molecule has 10 heteroatoms. The molecule has 2 N–H and O–H groups in total. The molecule has 6 nitrogen and oxygen atoms in total. The van der Waals surface area contributed by atoms with Gasteiger partial charge in [-0.25, -0.2) is 17.6 Å². The molecule has 0 amide bonds. The molecule has 8 aliphatic rings. The molecular weight excluding hydrogens is 640 g/mol. The molecular formula is C40H58F4N6. The molecule has 276 valence electrons. The Morgan fingerprint density at radius 1 is 0.580 bits per heavy atom. The molecule has 0 aliphatic carbocycles. The van der Waals surface area contributed by atoms with Crippen LogP contribution in [0.4, 0.5) is 40.3 Å². The summed E-state index contributed by atoms with van der Waals surface area (Å²) in [6.07, 6.45) is 3.53. The Morgan fingerprint density at radius 3 is 1.56 bits per heavy atom. The van der Waals surface area contributed by atoms with E-state index >= 15 is 0 Å². The van der Waals surface area contributed by atoms with Crippen molar-refractivity contribution in [2.24, 2.45) is 16.7 Å². The van der Waals surface area contributed by atoms with Gasteiger partial charge in [0.25, 0.3) is 11.8 Å². The maximum Gasteiger partial charge on any atom is 0.251 e. The molecule has 2 aromatic carbocycles. The van der Waals surface area contributed by atoms with Gasteiger partial charge in [-0.05, 0) is 97.6 Å². The summed E-state index contributed by atoms with van der Waals surface area (Å²) in [4.78, 5) is 9.28. The largest absolute Gasteiger partial charge is 0.371 e. The first-order chi connectivity index (χ1) is 23.7. The van der Waals surface area contributed by atoms with Crippen molar-refractivity contribution in [2.45, 2.75) is 103 Å². The number of nitrogens with zero attached hydrogens (tertiary/aromatic N) is 4. The van der Waals surface area contributed by atoms with Crippen LogP contribution in [0.15, 0.2) is 48.5 Å². The zero-order chi connectivity index (χ0) is 35.3. The number of benzene rings is 2. The zero-order valence-electron chi connectivity index (χ0n) is 30.5. The minimum atomic E-state index is -2.49. The van der Waals surface area contributed by atoms with Gasteiger partial charge in [0.05, 0.1) is 0 Å². The second kappa shape index (κ2) is 13.7. The van der Waals surface area contributed by atoms with E-state index in [1.165, 1.54) is 30.6 Å². The van der Waals surface area contributed by atoms with Crippen LogP contribution in [-0.4, -0.2) is 88.9 Å². The van der Waals surface area contributed by atoms with Crippen molar-refractivity contribution in [3.8, 4) is 0 Å². The highest BCUT2D eigenvalue weighted by Gasteiger charge is 2.45. The monoisotopic (exact) mass is 698 g/mol. The molecule has 8 heterocycles. The lowest BCUT2D eigenvalue weighted by Gasteiger charge is -2.48. The fourth-order valence-corrected chi connectivity index (χ4v) is 9.91. The number of rotatable bonds is 4. The van der Waals surface area contributed by atoms with Gasteiger partial charge in [-0.3, -0.25) is 0 Å². The maximum absolute atomic E-state index is 13.4. The first-order valence-corrected chi connectivity index (χ1v) is 19.1. The van der Waals surface area contributed by atoms with Gasteiger partial charge >= 0.3 is 0 Å². The SMILES string of the molecule is CC1(C)C[C@@H]2CNC[C@H]1N(c1ccc(N3CCC(F)(F)CC3)cc1)C2.CC1(C)C[C@H]2CN(c3ccc(N4CCC(F)(F)CC4)cc3)[C@@H]1CCN2. The van der Waals surface area contributed by atoms with Gasteiger partial charge in [0.15, 0.2) is 0 Å². The number of fused-ring (bicyclic) bond motifs is 8. The zero-order valence-corrected chi connectivity index (χ0v) is 30.5. The summed E-state index contributed by atoms with van der Waals surface area (Å²) >= 11 is 0. The molecule has 50 heavy (non-hydrogen) atoms. The minimum Gasteiger partial charge on any atom is -0.371 e. The van der Waals surface area contributed by atoms with E-state index in [4.69, 9.17) is 0 Å². The molecule has 0 unspecified atom stereocenters. The van der Waals surface area contributed by atoms with Crippen molar-refractivity contribution in [3.05, 3.63) is 48.5 Å². The van der Waals surface area contributed by atoms with Crippen LogP contribution in [-0.2, 0) is 0 Å². The van der Waals surface area contributed by atoms with Gasteiger partial charge in [0.1, 0.15) is 0 Å². The van der Waals surface area contributed by atoms with Crippen molar-refractivity contribution in [3.63, 3.8) is 0 Å². The number of anilines is 4. The Hall–Kier alpha value is -2.72. The van der Waals surface area contributed by atoms with Crippen molar-refractivity contribution < 1.29 is 17.6 Å². The van der Waals surface area contributed by atoms with E-state index in [0.29, 0.717) is 61.1 Å². The molecule has 4 atom stereocenters. The molecule has 8 saturated heterocycles. The fraction of sp³-hybridized carbons (Fsp3) is 0.700. The Kier molecular flexibility index (Phi) is 9.76. The van der Waals surface area contributed by atoms with Crippen LogP contribution in [0.5, 0.6) is 0 Å². The van der Waals surface area contributed by atoms with Crippen molar-refractivity contribution in [2.75, 3.05) is 78.5 Å². The van der Waals surface area contributed by atoms with Gasteiger partial charge < -0.3 is 30.2 Å². The third-order valence-electron chi connectivity index (χ3n) is 12.7. The van der Waals surface area contributed by atoms with Crippen molar-refractivity contribution in [1.82, 2.24) is 10.6 Å². The predicted molar refractivity (Wildman–Crippen MR) is 198 cm³/mol. The Morgan fingerprint density at radius 2 is 1.04 bits per heavy atom. The fourth-order valence-electron chi connectivity index (χ4n) is 9.91. The topological polar surface area (TPSA) is 37.0 Å². The van der Waals surface area contributed by atoms with Crippen LogP contribution in [0.1, 0.15) is 72.6 Å². The Bertz CT molecular complexity index is 1320. The highest BCUT2D eigenvalue weighted by molar-refractivity contribution is 5.59. The lowest BCUT2D eigenvalue weighted by Crippen LogP contribution is -2.54. The summed E-state index contributed by atoms with van der Waals surface area (Å²) in [5, 5.41) is 7.29. The number of hydrogen-bond acceptors (Lipinski definition) is 6. The second-order valence-corrected chi connectivity index (χ2v) is 17.4. The molecule has 10 rings (SSSR count). The van der Waals surface area contributed by atoms with E-state index in [1.54, 1.807) is 0 Å². The summed E-state index contributed by atoms with van der Waals surface area (Å²) in [6, 6.07) is 18.8. The summed E-state index contributed by atoms with van der Waals surface area (Å²) < 4.78 is 53.4. The highest BCUT2D eigenvalue weighted by Crippen LogP contribution is 2.43. The van der Waals surface area contributed by atoms with Gasteiger partial charge in [-0.1, -0.05) is 27.7 Å². The van der Waals surface area contributed by atoms with Crippen molar-refractivity contribution in [1.29, 1.82) is 0 Å². The van der Waals surface area contributed by atoms with Crippen LogP contribution < -0.4 is 30.2 Å². The normalized spacial score (nSPS) is 31.0. The molecule has 0 saturated carbocycles. The minimum absolute atomic E-state index is 0.0372. The number of nitrogens with one attached hydrogen (secondary N) is 2. The molecule has 2 aromatic rings. The van der Waals surface area contributed by atoms with E-state index < -0.39 is 11.8 Å². The average molecular weight is 699 g/mol. The maximum atomic E-state index is 13.4. The summed E-state index contributed by atoms with van der Waals surface area (Å²) in [7, 11) is 0. The molecule has 4 bridgehead atoms. The first kappa shape index (κ1) is 35.7. The van der Waals surface area contributed by atoms with Gasteiger partial charge in [-0.2, -0.15) is 0 Å². The second-order valence-electron chi connectivity index (χ2n) is 17.4. The van der Waals surface area contributed by atoms with E-state index in [2.05, 4.69) is 106 Å². The van der Waals surface area contributed by atoms with Gasteiger partial charge in [0.2, 0.25) is 0 Å². The lowest BCUT2D eigenvalue weighted by atomic mass is 9.73. The quantitative estimate of drug-likeness (QED) is 0.320. The van der Waals surface area contributed by atoms with Crippen LogP contribution in [0.3, 0.4) is 0 Å². The molecule has 8 aliphatic heterocycles. The molecule has 0 aromatic heterocycles. The number of alkyl halides is 4. The molecule has 8 fully saturated rings. The van der Waals surface area contributed by atoms with Crippen LogP contribution >= 0.6 is 0 Å². The van der Waals surface area contributed by atoms with E-state index in [9.17, 15) is 17.6 Å². The van der Waals surface area contributed by atoms with Crippen LogP contribution in [0, 0.1) is 16.7 Å². The van der Waals surface area contributed by atoms with Crippen LogP contribution in [0.2, 0.25) is 0 Å². The standard InChI is InChI=1S/2C20H29F2N3/c1-19(2)13-15-14-25(18(19)7-10-23-15)17-5-3-16(4-6-17)24-11-8-20(21,22)9-12-24;1-19(2)11-15-12-23-13-18(19)25(14-15)17-5-3-16(4-6-17)24-9-7-20(21,22)8-10-24/h2*3-6,15,18,23H,7-14H2,1-2H3/t15-,18+;15-,18-/m01/s1. The van der Waals surface area contributed by atoms with Gasteiger partial charge in [-0.15, -0.1) is 0 Å². The third kappa shape index (κ3) is 7.71. The van der Waals surface area contributed by atoms with E-state index in [-0.39, 0.29) is 25.7 Å². The Labute approximate surface area is 296 Å². The van der Waals surface area contributed by atoms with Crippen LogP contribution in [0.25, 0.3) is 0 Å².